The van der Waals surface area contributed by atoms with E-state index in [0.29, 0.717) is 30.4 Å². The first-order valence-corrected chi connectivity index (χ1v) is 5.26. The number of hydrogen-bond acceptors (Lipinski definition) is 4. The fraction of sp³-hybridized carbons (Fsp3) is 0.375. The highest BCUT2D eigenvalue weighted by atomic mass is 127. The van der Waals surface area contributed by atoms with E-state index in [2.05, 4.69) is 27.6 Å². The number of nitrogens with zero attached hydrogens (tertiary/aromatic N) is 2. The Bertz CT molecular complexity index is 341. The average molecular weight is 308 g/mol. The summed E-state index contributed by atoms with van der Waals surface area (Å²) in [5.74, 6) is 1.02. The van der Waals surface area contributed by atoms with E-state index in [1.165, 1.54) is 0 Å². The van der Waals surface area contributed by atoms with Gasteiger partial charge in [-0.05, 0) is 28.7 Å². The summed E-state index contributed by atoms with van der Waals surface area (Å²) in [5.41, 5.74) is 11.8. The van der Waals surface area contributed by atoms with Crippen molar-refractivity contribution in [3.63, 3.8) is 0 Å². The Morgan fingerprint density at radius 2 is 2.14 bits per heavy atom. The van der Waals surface area contributed by atoms with Gasteiger partial charge in [-0.1, -0.05) is 0 Å². The SMILES string of the molecule is Nc1nc(N2CC(F)C2)cc(I)c1N. The topological polar surface area (TPSA) is 68.2 Å². The Kier molecular flexibility index (Phi) is 2.38. The lowest BCUT2D eigenvalue weighted by Gasteiger charge is -2.35. The number of hydrogen-bond donors (Lipinski definition) is 2. The monoisotopic (exact) mass is 308 g/mol. The minimum absolute atomic E-state index is 0.314. The van der Waals surface area contributed by atoms with Crippen LogP contribution in [-0.4, -0.2) is 24.2 Å². The second kappa shape index (κ2) is 3.41. The zero-order valence-corrected chi connectivity index (χ0v) is 9.53. The Labute approximate surface area is 94.6 Å². The summed E-state index contributed by atoms with van der Waals surface area (Å²) in [6.45, 7) is 0.791. The molecule has 0 bridgehead atoms. The summed E-state index contributed by atoms with van der Waals surface area (Å²) >= 11 is 2.09. The van der Waals surface area contributed by atoms with Gasteiger partial charge in [-0.15, -0.1) is 0 Å². The van der Waals surface area contributed by atoms with Crippen LogP contribution in [0.2, 0.25) is 0 Å². The molecule has 76 valence electrons. The zero-order valence-electron chi connectivity index (χ0n) is 7.37. The van der Waals surface area contributed by atoms with E-state index in [-0.39, 0.29) is 0 Å². The van der Waals surface area contributed by atoms with Gasteiger partial charge < -0.3 is 16.4 Å². The quantitative estimate of drug-likeness (QED) is 0.760. The molecule has 0 unspecified atom stereocenters. The van der Waals surface area contributed by atoms with E-state index in [1.54, 1.807) is 0 Å². The van der Waals surface area contributed by atoms with Crippen LogP contribution >= 0.6 is 22.6 Å². The second-order valence-electron chi connectivity index (χ2n) is 3.26. The van der Waals surface area contributed by atoms with E-state index in [0.717, 1.165) is 3.57 Å². The number of halogens is 2. The molecule has 1 fully saturated rings. The van der Waals surface area contributed by atoms with Gasteiger partial charge in [0.05, 0.1) is 18.8 Å². The first kappa shape index (κ1) is 9.75. The molecule has 0 atom stereocenters. The van der Waals surface area contributed by atoms with Crippen LogP contribution in [-0.2, 0) is 0 Å². The third kappa shape index (κ3) is 1.58. The van der Waals surface area contributed by atoms with Crippen LogP contribution < -0.4 is 16.4 Å². The minimum Gasteiger partial charge on any atom is -0.395 e. The normalized spacial score (nSPS) is 16.9. The summed E-state index contributed by atoms with van der Waals surface area (Å²) in [6, 6.07) is 1.82. The van der Waals surface area contributed by atoms with E-state index >= 15 is 0 Å². The Hall–Kier alpha value is -0.790. The molecule has 1 aromatic rings. The van der Waals surface area contributed by atoms with Gasteiger partial charge >= 0.3 is 0 Å². The Morgan fingerprint density at radius 1 is 1.50 bits per heavy atom. The fourth-order valence-electron chi connectivity index (χ4n) is 1.30. The molecule has 0 radical (unpaired) electrons. The lowest BCUT2D eigenvalue weighted by atomic mass is 10.2. The molecule has 0 aliphatic carbocycles. The summed E-state index contributed by atoms with van der Waals surface area (Å²) in [6.07, 6.45) is -0.742. The van der Waals surface area contributed by atoms with Crippen LogP contribution in [0.3, 0.4) is 0 Å². The molecule has 0 aromatic carbocycles. The van der Waals surface area contributed by atoms with Gasteiger partial charge in [0.2, 0.25) is 0 Å². The van der Waals surface area contributed by atoms with Crippen molar-refractivity contribution in [3.8, 4) is 0 Å². The van der Waals surface area contributed by atoms with Gasteiger partial charge in [0.1, 0.15) is 17.8 Å². The lowest BCUT2D eigenvalue weighted by molar-refractivity contribution is 0.273. The molecule has 2 rings (SSSR count). The third-order valence-corrected chi connectivity index (χ3v) is 3.08. The van der Waals surface area contributed by atoms with Gasteiger partial charge in [0.25, 0.3) is 0 Å². The van der Waals surface area contributed by atoms with Crippen LogP contribution in [0.4, 0.5) is 21.7 Å². The maximum atomic E-state index is 12.6. The van der Waals surface area contributed by atoms with Crippen molar-refractivity contribution in [3.05, 3.63) is 9.64 Å². The standard InChI is InChI=1S/C8H10FIN4/c9-4-2-14(3-4)6-1-5(10)7(11)8(12)13-6/h1,4H,2-3,11H2,(H2,12,13). The van der Waals surface area contributed by atoms with Gasteiger partial charge in [-0.2, -0.15) is 0 Å². The molecular weight excluding hydrogens is 298 g/mol. The molecule has 1 saturated heterocycles. The van der Waals surface area contributed by atoms with Crippen molar-refractivity contribution in [1.29, 1.82) is 0 Å². The number of pyridine rings is 1. The number of rotatable bonds is 1. The number of nitrogen functional groups attached to an aromatic ring is 2. The lowest BCUT2D eigenvalue weighted by Crippen LogP contribution is -2.48. The minimum atomic E-state index is -0.742. The maximum Gasteiger partial charge on any atom is 0.150 e. The molecule has 0 amide bonds. The molecule has 0 spiro atoms. The molecule has 2 heterocycles. The summed E-state index contributed by atoms with van der Waals surface area (Å²) < 4.78 is 13.5. The van der Waals surface area contributed by atoms with E-state index in [4.69, 9.17) is 11.5 Å². The van der Waals surface area contributed by atoms with Crippen molar-refractivity contribution in [2.24, 2.45) is 0 Å². The molecule has 0 saturated carbocycles. The van der Waals surface area contributed by atoms with Crippen molar-refractivity contribution in [2.45, 2.75) is 6.17 Å². The van der Waals surface area contributed by atoms with E-state index < -0.39 is 6.17 Å². The molecule has 1 aromatic heterocycles. The first-order valence-electron chi connectivity index (χ1n) is 4.18. The van der Waals surface area contributed by atoms with Crippen molar-refractivity contribution in [1.82, 2.24) is 4.98 Å². The summed E-state index contributed by atoms with van der Waals surface area (Å²) in [5, 5.41) is 0. The third-order valence-electron chi connectivity index (χ3n) is 2.19. The smallest absolute Gasteiger partial charge is 0.150 e. The van der Waals surface area contributed by atoms with Gasteiger partial charge in [0.15, 0.2) is 0 Å². The van der Waals surface area contributed by atoms with Crippen molar-refractivity contribution < 1.29 is 4.39 Å². The van der Waals surface area contributed by atoms with E-state index in [9.17, 15) is 4.39 Å². The van der Waals surface area contributed by atoms with Gasteiger partial charge in [-0.25, -0.2) is 9.37 Å². The predicted octanol–water partition coefficient (Wildman–Crippen LogP) is 1.01. The van der Waals surface area contributed by atoms with E-state index in [1.807, 2.05) is 11.0 Å². The van der Waals surface area contributed by atoms with Crippen LogP contribution in [0.1, 0.15) is 0 Å². The fourth-order valence-corrected chi connectivity index (χ4v) is 1.86. The highest BCUT2D eigenvalue weighted by Crippen LogP contribution is 2.28. The number of alkyl halides is 1. The highest BCUT2D eigenvalue weighted by molar-refractivity contribution is 14.1. The Morgan fingerprint density at radius 3 is 2.64 bits per heavy atom. The Balaban J connectivity index is 2.27. The van der Waals surface area contributed by atoms with Gasteiger partial charge in [0, 0.05) is 3.57 Å². The van der Waals surface area contributed by atoms with Gasteiger partial charge in [-0.3, -0.25) is 0 Å². The first-order chi connectivity index (χ1) is 6.58. The average Bonchev–Trinajstić information content (AvgIpc) is 2.08. The molecular formula is C8H10FIN4. The number of nitrogens with two attached hydrogens (primary N) is 2. The molecule has 4 N–H and O–H groups in total. The zero-order chi connectivity index (χ0) is 10.3. The van der Waals surface area contributed by atoms with Crippen LogP contribution in [0.5, 0.6) is 0 Å². The number of aromatic nitrogens is 1. The molecule has 6 heteroatoms. The predicted molar refractivity (Wildman–Crippen MR) is 62.9 cm³/mol. The van der Waals surface area contributed by atoms with Crippen molar-refractivity contribution >= 4 is 39.9 Å². The number of anilines is 3. The highest BCUT2D eigenvalue weighted by Gasteiger charge is 2.27. The van der Waals surface area contributed by atoms with Crippen LogP contribution in [0, 0.1) is 3.57 Å². The molecule has 1 aliphatic heterocycles. The molecule has 1 aliphatic rings. The largest absolute Gasteiger partial charge is 0.395 e. The molecule has 4 nitrogen and oxygen atoms in total. The second-order valence-corrected chi connectivity index (χ2v) is 4.43. The summed E-state index contributed by atoms with van der Waals surface area (Å²) in [4.78, 5) is 5.93. The maximum absolute atomic E-state index is 12.6. The molecule has 14 heavy (non-hydrogen) atoms. The van der Waals surface area contributed by atoms with Crippen LogP contribution in [0.15, 0.2) is 6.07 Å². The van der Waals surface area contributed by atoms with Crippen molar-refractivity contribution in [2.75, 3.05) is 29.5 Å². The summed E-state index contributed by atoms with van der Waals surface area (Å²) in [7, 11) is 0. The van der Waals surface area contributed by atoms with Crippen LogP contribution in [0.25, 0.3) is 0 Å².